The van der Waals surface area contributed by atoms with Gasteiger partial charge in [0, 0.05) is 18.5 Å². The molecule has 0 atom stereocenters. The van der Waals surface area contributed by atoms with Crippen molar-refractivity contribution in [2.45, 2.75) is 19.0 Å². The summed E-state index contributed by atoms with van der Waals surface area (Å²) in [5.74, 6) is -0.0230. The Morgan fingerprint density at radius 3 is 2.63 bits per heavy atom. The van der Waals surface area contributed by atoms with Crippen LogP contribution in [-0.2, 0) is 0 Å². The summed E-state index contributed by atoms with van der Waals surface area (Å²) >= 11 is 0. The van der Waals surface area contributed by atoms with Crippen molar-refractivity contribution >= 4 is 11.6 Å². The molecular weight excluding hydrogens is 261 g/mol. The maximum absolute atomic E-state index is 11.9. The number of methoxy groups -OCH3 is 1. The second kappa shape index (κ2) is 6.31. The summed E-state index contributed by atoms with van der Waals surface area (Å²) in [5, 5.41) is 2.40. The highest BCUT2D eigenvalue weighted by molar-refractivity contribution is 5.95. The van der Waals surface area contributed by atoms with Crippen LogP contribution in [0.4, 0.5) is 18.9 Å². The van der Waals surface area contributed by atoms with Gasteiger partial charge in [0.2, 0.25) is 0 Å². The Morgan fingerprint density at radius 1 is 1.42 bits per heavy atom. The van der Waals surface area contributed by atoms with Crippen molar-refractivity contribution in [2.24, 2.45) is 0 Å². The molecule has 0 aliphatic carbocycles. The van der Waals surface area contributed by atoms with Crippen LogP contribution in [0.3, 0.4) is 0 Å². The van der Waals surface area contributed by atoms with E-state index in [9.17, 15) is 18.0 Å². The fourth-order valence-corrected chi connectivity index (χ4v) is 1.47. The number of nitrogens with one attached hydrogen (secondary N) is 1. The Bertz CT molecular complexity index is 447. The van der Waals surface area contributed by atoms with Crippen LogP contribution in [0.2, 0.25) is 0 Å². The van der Waals surface area contributed by atoms with Crippen molar-refractivity contribution in [1.29, 1.82) is 0 Å². The lowest BCUT2D eigenvalue weighted by Gasteiger charge is -2.09. The van der Waals surface area contributed by atoms with Crippen LogP contribution in [0, 0.1) is 0 Å². The molecule has 0 spiro atoms. The minimum absolute atomic E-state index is 0.0374. The van der Waals surface area contributed by atoms with Crippen molar-refractivity contribution < 1.29 is 22.7 Å². The summed E-state index contributed by atoms with van der Waals surface area (Å²) in [7, 11) is 1.45. The number of nitrogen functional groups attached to an aromatic ring is 1. The third kappa shape index (κ3) is 5.07. The Balaban J connectivity index is 2.48. The second-order valence-electron chi connectivity index (χ2n) is 3.93. The van der Waals surface area contributed by atoms with Crippen LogP contribution < -0.4 is 15.8 Å². The zero-order valence-corrected chi connectivity index (χ0v) is 10.4. The Morgan fingerprint density at radius 2 is 2.11 bits per heavy atom. The van der Waals surface area contributed by atoms with Gasteiger partial charge in [0.25, 0.3) is 5.91 Å². The number of hydrogen-bond donors (Lipinski definition) is 2. The van der Waals surface area contributed by atoms with E-state index in [-0.39, 0.29) is 18.5 Å². The molecule has 1 amide bonds. The lowest BCUT2D eigenvalue weighted by atomic mass is 10.1. The molecule has 0 aromatic heterocycles. The predicted octanol–water partition coefficient (Wildman–Crippen LogP) is 2.35. The van der Waals surface area contributed by atoms with E-state index in [0.717, 1.165) is 0 Å². The van der Waals surface area contributed by atoms with Gasteiger partial charge in [-0.05, 0) is 24.6 Å². The standard InChI is InChI=1S/C12H15F3N2O2/c1-19-10-4-3-8(7-9(10)16)11(18)17-6-2-5-12(13,14)15/h3-4,7H,2,5-6,16H2,1H3,(H,17,18). The Kier molecular flexibility index (Phi) is 5.02. The normalized spacial score (nSPS) is 11.2. The van der Waals surface area contributed by atoms with Crippen LogP contribution in [0.15, 0.2) is 18.2 Å². The van der Waals surface area contributed by atoms with Gasteiger partial charge in [-0.25, -0.2) is 0 Å². The second-order valence-corrected chi connectivity index (χ2v) is 3.93. The molecule has 0 aliphatic rings. The number of ether oxygens (including phenoxy) is 1. The van der Waals surface area contributed by atoms with E-state index < -0.39 is 18.5 Å². The molecule has 1 aromatic rings. The molecule has 0 saturated carbocycles. The van der Waals surface area contributed by atoms with Crippen LogP contribution in [-0.4, -0.2) is 25.7 Å². The highest BCUT2D eigenvalue weighted by Crippen LogP contribution is 2.22. The van der Waals surface area contributed by atoms with Gasteiger partial charge in [-0.1, -0.05) is 0 Å². The number of anilines is 1. The molecule has 0 heterocycles. The first-order valence-corrected chi connectivity index (χ1v) is 5.62. The van der Waals surface area contributed by atoms with Crippen molar-refractivity contribution in [2.75, 3.05) is 19.4 Å². The number of benzene rings is 1. The van der Waals surface area contributed by atoms with Crippen molar-refractivity contribution in [3.05, 3.63) is 23.8 Å². The molecular formula is C12H15F3N2O2. The first-order chi connectivity index (χ1) is 8.83. The molecule has 0 unspecified atom stereocenters. The number of rotatable bonds is 5. The highest BCUT2D eigenvalue weighted by atomic mass is 19.4. The topological polar surface area (TPSA) is 64.3 Å². The summed E-state index contributed by atoms with van der Waals surface area (Å²) in [6.45, 7) is -0.0374. The molecule has 0 bridgehead atoms. The van der Waals surface area contributed by atoms with Crippen molar-refractivity contribution in [3.8, 4) is 5.75 Å². The maximum atomic E-state index is 11.9. The van der Waals surface area contributed by atoms with Crippen LogP contribution in [0.5, 0.6) is 5.75 Å². The SMILES string of the molecule is COc1ccc(C(=O)NCCCC(F)(F)F)cc1N. The predicted molar refractivity (Wildman–Crippen MR) is 65.0 cm³/mol. The Hall–Kier alpha value is -1.92. The van der Waals surface area contributed by atoms with Crippen molar-refractivity contribution in [1.82, 2.24) is 5.32 Å². The highest BCUT2D eigenvalue weighted by Gasteiger charge is 2.26. The van der Waals surface area contributed by atoms with Crippen LogP contribution >= 0.6 is 0 Å². The molecule has 3 N–H and O–H groups in total. The number of alkyl halides is 3. The molecule has 0 aliphatic heterocycles. The number of halogens is 3. The van der Waals surface area contributed by atoms with E-state index in [1.807, 2.05) is 0 Å². The number of hydrogen-bond acceptors (Lipinski definition) is 3. The maximum Gasteiger partial charge on any atom is 0.389 e. The van der Waals surface area contributed by atoms with Gasteiger partial charge in [-0.3, -0.25) is 4.79 Å². The lowest BCUT2D eigenvalue weighted by molar-refractivity contribution is -0.135. The lowest BCUT2D eigenvalue weighted by Crippen LogP contribution is -2.25. The third-order valence-corrected chi connectivity index (χ3v) is 2.41. The molecule has 19 heavy (non-hydrogen) atoms. The van der Waals surface area contributed by atoms with E-state index >= 15 is 0 Å². The van der Waals surface area contributed by atoms with E-state index in [4.69, 9.17) is 10.5 Å². The molecule has 106 valence electrons. The number of amides is 1. The van der Waals surface area contributed by atoms with Gasteiger partial charge in [0.15, 0.2) is 0 Å². The van der Waals surface area contributed by atoms with Crippen molar-refractivity contribution in [3.63, 3.8) is 0 Å². The molecule has 4 nitrogen and oxygen atoms in total. The number of carbonyl (C=O) groups excluding carboxylic acids is 1. The summed E-state index contributed by atoms with van der Waals surface area (Å²) in [6, 6.07) is 4.44. The van der Waals surface area contributed by atoms with E-state index in [2.05, 4.69) is 5.32 Å². The summed E-state index contributed by atoms with van der Waals surface area (Å²) in [5.41, 5.74) is 6.21. The first kappa shape index (κ1) is 15.1. The quantitative estimate of drug-likeness (QED) is 0.641. The monoisotopic (exact) mass is 276 g/mol. The van der Waals surface area contributed by atoms with Gasteiger partial charge in [0.05, 0.1) is 12.8 Å². The minimum atomic E-state index is -4.20. The van der Waals surface area contributed by atoms with E-state index in [0.29, 0.717) is 11.4 Å². The molecule has 1 rings (SSSR count). The van der Waals surface area contributed by atoms with Crippen LogP contribution in [0.25, 0.3) is 0 Å². The molecule has 7 heteroatoms. The molecule has 1 aromatic carbocycles. The van der Waals surface area contributed by atoms with Gasteiger partial charge >= 0.3 is 6.18 Å². The fourth-order valence-electron chi connectivity index (χ4n) is 1.47. The first-order valence-electron chi connectivity index (χ1n) is 5.62. The van der Waals surface area contributed by atoms with E-state index in [1.54, 1.807) is 0 Å². The average molecular weight is 276 g/mol. The fraction of sp³-hybridized carbons (Fsp3) is 0.417. The molecule has 0 fully saturated rings. The summed E-state index contributed by atoms with van der Waals surface area (Å²) < 4.78 is 40.6. The van der Waals surface area contributed by atoms with Crippen LogP contribution in [0.1, 0.15) is 23.2 Å². The van der Waals surface area contributed by atoms with E-state index in [1.165, 1.54) is 25.3 Å². The zero-order valence-electron chi connectivity index (χ0n) is 10.4. The van der Waals surface area contributed by atoms with Gasteiger partial charge < -0.3 is 15.8 Å². The third-order valence-electron chi connectivity index (χ3n) is 2.41. The minimum Gasteiger partial charge on any atom is -0.495 e. The summed E-state index contributed by atoms with van der Waals surface area (Å²) in [6.07, 6.45) is -5.27. The number of carbonyl (C=O) groups is 1. The average Bonchev–Trinajstić information content (AvgIpc) is 2.33. The zero-order chi connectivity index (χ0) is 14.5. The molecule has 0 saturated heterocycles. The molecule has 0 radical (unpaired) electrons. The van der Waals surface area contributed by atoms with Gasteiger partial charge in [-0.15, -0.1) is 0 Å². The Labute approximate surface area is 108 Å². The largest absolute Gasteiger partial charge is 0.495 e. The summed E-state index contributed by atoms with van der Waals surface area (Å²) in [4.78, 5) is 11.6. The smallest absolute Gasteiger partial charge is 0.389 e. The van der Waals surface area contributed by atoms with Gasteiger partial charge in [0.1, 0.15) is 5.75 Å². The number of nitrogens with two attached hydrogens (primary N) is 1. The van der Waals surface area contributed by atoms with Gasteiger partial charge in [-0.2, -0.15) is 13.2 Å².